The number of thiophene rings is 1. The Balaban J connectivity index is 1.70. The van der Waals surface area contributed by atoms with Gasteiger partial charge in [-0.15, -0.1) is 11.3 Å². The van der Waals surface area contributed by atoms with E-state index in [4.69, 9.17) is 0 Å². The summed E-state index contributed by atoms with van der Waals surface area (Å²) >= 11 is 1.63. The van der Waals surface area contributed by atoms with Crippen molar-refractivity contribution in [2.24, 2.45) is 0 Å². The van der Waals surface area contributed by atoms with Gasteiger partial charge in [0.05, 0.1) is 17.4 Å². The molecular weight excluding hydrogens is 298 g/mol. The van der Waals surface area contributed by atoms with Crippen molar-refractivity contribution in [3.8, 4) is 0 Å². The van der Waals surface area contributed by atoms with Crippen molar-refractivity contribution in [2.75, 3.05) is 6.54 Å². The summed E-state index contributed by atoms with van der Waals surface area (Å²) in [6.07, 6.45) is 8.28. The Labute approximate surface area is 130 Å². The summed E-state index contributed by atoms with van der Waals surface area (Å²) < 4.78 is 1.69. The van der Waals surface area contributed by atoms with Crippen LogP contribution in [0.25, 0.3) is 10.2 Å². The van der Waals surface area contributed by atoms with Crippen molar-refractivity contribution in [1.82, 2.24) is 24.8 Å². The second-order valence-electron chi connectivity index (χ2n) is 5.30. The Morgan fingerprint density at radius 1 is 1.32 bits per heavy atom. The van der Waals surface area contributed by atoms with Gasteiger partial charge in [-0.3, -0.25) is 19.3 Å². The molecule has 112 valence electrons. The molecular formula is C15H15N5OS. The van der Waals surface area contributed by atoms with Crippen LogP contribution in [0.4, 0.5) is 0 Å². The highest BCUT2D eigenvalue weighted by molar-refractivity contribution is 7.18. The molecule has 0 aromatic carbocycles. The van der Waals surface area contributed by atoms with Gasteiger partial charge in [0.2, 0.25) is 0 Å². The number of hydrogen-bond donors (Lipinski definition) is 1. The zero-order valence-electron chi connectivity index (χ0n) is 12.0. The number of nitrogens with one attached hydrogen (secondary N) is 1. The van der Waals surface area contributed by atoms with Crippen LogP contribution in [0.1, 0.15) is 16.1 Å². The van der Waals surface area contributed by atoms with Gasteiger partial charge in [0.15, 0.2) is 0 Å². The standard InChI is InChI=1S/C15H15N5OS/c21-15-13-11-1-3-16-8-12(11)22-14(13)19-9-20(15)6-2-10-7-17-4-5-18-10/h4-5,7,9,16H,1-3,6,8H2. The lowest BCUT2D eigenvalue weighted by atomic mass is 10.1. The molecule has 0 aliphatic carbocycles. The van der Waals surface area contributed by atoms with Crippen LogP contribution in [0.15, 0.2) is 29.7 Å². The molecule has 0 atom stereocenters. The van der Waals surface area contributed by atoms with Gasteiger partial charge in [-0.05, 0) is 18.5 Å². The van der Waals surface area contributed by atoms with E-state index in [-0.39, 0.29) is 5.56 Å². The van der Waals surface area contributed by atoms with E-state index in [9.17, 15) is 4.79 Å². The summed E-state index contributed by atoms with van der Waals surface area (Å²) in [6, 6.07) is 0. The van der Waals surface area contributed by atoms with Crippen LogP contribution in [-0.2, 0) is 25.9 Å². The second kappa shape index (κ2) is 5.58. The van der Waals surface area contributed by atoms with E-state index in [1.54, 1.807) is 40.8 Å². The Kier molecular flexibility index (Phi) is 3.44. The van der Waals surface area contributed by atoms with Crippen LogP contribution in [0.3, 0.4) is 0 Å². The molecule has 0 fully saturated rings. The largest absolute Gasteiger partial charge is 0.312 e. The Morgan fingerprint density at radius 3 is 3.14 bits per heavy atom. The molecule has 0 radical (unpaired) electrons. The minimum Gasteiger partial charge on any atom is -0.312 e. The first-order valence-electron chi connectivity index (χ1n) is 7.28. The van der Waals surface area contributed by atoms with Crippen LogP contribution in [0, 0.1) is 0 Å². The topological polar surface area (TPSA) is 72.7 Å². The predicted molar refractivity (Wildman–Crippen MR) is 85.0 cm³/mol. The highest BCUT2D eigenvalue weighted by Gasteiger charge is 2.19. The lowest BCUT2D eigenvalue weighted by Gasteiger charge is -2.12. The molecule has 0 unspecified atom stereocenters. The monoisotopic (exact) mass is 313 g/mol. The molecule has 22 heavy (non-hydrogen) atoms. The quantitative estimate of drug-likeness (QED) is 0.785. The summed E-state index contributed by atoms with van der Waals surface area (Å²) in [4.78, 5) is 27.6. The molecule has 1 aliphatic rings. The Hall–Kier alpha value is -2.12. The first kappa shape index (κ1) is 13.5. The Morgan fingerprint density at radius 2 is 2.27 bits per heavy atom. The van der Waals surface area contributed by atoms with Crippen LogP contribution < -0.4 is 10.9 Å². The van der Waals surface area contributed by atoms with E-state index in [1.807, 2.05) is 0 Å². The van der Waals surface area contributed by atoms with Crippen molar-refractivity contribution < 1.29 is 0 Å². The SMILES string of the molecule is O=c1c2c3c(sc2ncn1CCc1cnccn1)CNCC3. The minimum absolute atomic E-state index is 0.0632. The maximum atomic E-state index is 12.8. The van der Waals surface area contributed by atoms with Crippen molar-refractivity contribution in [3.63, 3.8) is 0 Å². The zero-order chi connectivity index (χ0) is 14.9. The van der Waals surface area contributed by atoms with Gasteiger partial charge in [0.25, 0.3) is 5.56 Å². The maximum Gasteiger partial charge on any atom is 0.262 e. The average Bonchev–Trinajstić information content (AvgIpc) is 2.94. The molecule has 1 N–H and O–H groups in total. The van der Waals surface area contributed by atoms with E-state index in [0.717, 1.165) is 35.4 Å². The fraction of sp³-hybridized carbons (Fsp3) is 0.333. The first-order valence-corrected chi connectivity index (χ1v) is 8.10. The van der Waals surface area contributed by atoms with Crippen molar-refractivity contribution in [3.05, 3.63) is 51.4 Å². The summed E-state index contributed by atoms with van der Waals surface area (Å²) in [5.41, 5.74) is 2.13. The lowest BCUT2D eigenvalue weighted by molar-refractivity contribution is 0.645. The number of aromatic nitrogens is 4. The zero-order valence-corrected chi connectivity index (χ0v) is 12.8. The van der Waals surface area contributed by atoms with Crippen molar-refractivity contribution in [1.29, 1.82) is 0 Å². The third-order valence-electron chi connectivity index (χ3n) is 3.92. The summed E-state index contributed by atoms with van der Waals surface area (Å²) in [5.74, 6) is 0. The highest BCUT2D eigenvalue weighted by atomic mass is 32.1. The van der Waals surface area contributed by atoms with Gasteiger partial charge in [-0.2, -0.15) is 0 Å². The molecule has 0 saturated heterocycles. The number of nitrogens with zero attached hydrogens (tertiary/aromatic N) is 4. The molecule has 0 amide bonds. The molecule has 3 aromatic heterocycles. The molecule has 6 nitrogen and oxygen atoms in total. The number of aryl methyl sites for hydroxylation is 2. The number of rotatable bonds is 3. The van der Waals surface area contributed by atoms with E-state index in [0.29, 0.717) is 13.0 Å². The minimum atomic E-state index is 0.0632. The van der Waals surface area contributed by atoms with Crippen molar-refractivity contribution >= 4 is 21.6 Å². The summed E-state index contributed by atoms with van der Waals surface area (Å²) in [6.45, 7) is 2.34. The average molecular weight is 313 g/mol. The van der Waals surface area contributed by atoms with Crippen LogP contribution in [-0.4, -0.2) is 26.1 Å². The maximum absolute atomic E-state index is 12.8. The predicted octanol–water partition coefficient (Wildman–Crippen LogP) is 1.14. The van der Waals surface area contributed by atoms with E-state index >= 15 is 0 Å². The second-order valence-corrected chi connectivity index (χ2v) is 6.38. The van der Waals surface area contributed by atoms with Crippen LogP contribution in [0.2, 0.25) is 0 Å². The van der Waals surface area contributed by atoms with Gasteiger partial charge in [-0.25, -0.2) is 4.98 Å². The van der Waals surface area contributed by atoms with E-state index < -0.39 is 0 Å². The van der Waals surface area contributed by atoms with Gasteiger partial charge < -0.3 is 5.32 Å². The molecule has 7 heteroatoms. The number of hydrogen-bond acceptors (Lipinski definition) is 6. The van der Waals surface area contributed by atoms with Crippen molar-refractivity contribution in [2.45, 2.75) is 25.9 Å². The molecule has 4 heterocycles. The van der Waals surface area contributed by atoms with Crippen LogP contribution in [0.5, 0.6) is 0 Å². The molecule has 0 saturated carbocycles. The fourth-order valence-electron chi connectivity index (χ4n) is 2.80. The first-order chi connectivity index (χ1) is 10.8. The molecule has 3 aromatic rings. The van der Waals surface area contributed by atoms with Gasteiger partial charge >= 0.3 is 0 Å². The normalized spacial score (nSPS) is 14.2. The summed E-state index contributed by atoms with van der Waals surface area (Å²) in [7, 11) is 0. The van der Waals surface area contributed by atoms with E-state index in [2.05, 4.69) is 20.3 Å². The lowest BCUT2D eigenvalue weighted by Crippen LogP contribution is -2.25. The molecule has 0 bridgehead atoms. The highest BCUT2D eigenvalue weighted by Crippen LogP contribution is 2.29. The van der Waals surface area contributed by atoms with Gasteiger partial charge in [-0.1, -0.05) is 0 Å². The van der Waals surface area contributed by atoms with E-state index in [1.165, 1.54) is 10.4 Å². The van der Waals surface area contributed by atoms with Gasteiger partial charge in [0.1, 0.15) is 4.83 Å². The third kappa shape index (κ3) is 2.32. The third-order valence-corrected chi connectivity index (χ3v) is 5.06. The van der Waals surface area contributed by atoms with Gasteiger partial charge in [0, 0.05) is 43.0 Å². The van der Waals surface area contributed by atoms with Crippen LogP contribution >= 0.6 is 11.3 Å². The molecule has 1 aliphatic heterocycles. The molecule has 4 rings (SSSR count). The molecule has 0 spiro atoms. The number of fused-ring (bicyclic) bond motifs is 3. The fourth-order valence-corrected chi connectivity index (χ4v) is 3.95. The Bertz CT molecular complexity index is 871. The smallest absolute Gasteiger partial charge is 0.262 e. The summed E-state index contributed by atoms with van der Waals surface area (Å²) in [5, 5.41) is 4.15.